The van der Waals surface area contributed by atoms with Crippen molar-refractivity contribution in [2.24, 2.45) is 11.8 Å². The van der Waals surface area contributed by atoms with Crippen LogP contribution in [0.2, 0.25) is 0 Å². The van der Waals surface area contributed by atoms with Gasteiger partial charge in [-0.3, -0.25) is 4.90 Å². The molecule has 1 N–H and O–H groups in total. The van der Waals surface area contributed by atoms with E-state index >= 15 is 0 Å². The number of rotatable bonds is 5. The molecule has 21 heavy (non-hydrogen) atoms. The van der Waals surface area contributed by atoms with Gasteiger partial charge < -0.3 is 5.11 Å². The largest absolute Gasteiger partial charge is 0.478 e. The van der Waals surface area contributed by atoms with Gasteiger partial charge in [-0.15, -0.1) is 0 Å². The van der Waals surface area contributed by atoms with E-state index in [1.807, 2.05) is 0 Å². The molecule has 1 atom stereocenters. The molecule has 0 amide bonds. The lowest BCUT2D eigenvalue weighted by Gasteiger charge is -2.19. The maximum absolute atomic E-state index is 13.4. The number of nitrogens with zero attached hydrogens (tertiary/aromatic N) is 1. The molecular weight excluding hydrogens is 269 g/mol. The van der Waals surface area contributed by atoms with Crippen LogP contribution in [0.5, 0.6) is 0 Å². The molecule has 0 aromatic heterocycles. The number of aliphatic carboxylic acids is 1. The Morgan fingerprint density at radius 1 is 1.52 bits per heavy atom. The first-order valence-corrected chi connectivity index (χ1v) is 7.37. The van der Waals surface area contributed by atoms with Gasteiger partial charge in [0.15, 0.2) is 0 Å². The molecule has 4 heteroatoms. The molecule has 1 aromatic rings. The van der Waals surface area contributed by atoms with E-state index in [9.17, 15) is 9.18 Å². The second kappa shape index (κ2) is 6.85. The monoisotopic (exact) mass is 291 g/mol. The molecule has 0 saturated carbocycles. The number of carboxylic acid groups (broad SMARTS) is 1. The summed E-state index contributed by atoms with van der Waals surface area (Å²) >= 11 is 0. The van der Waals surface area contributed by atoms with Crippen molar-refractivity contribution in [1.82, 2.24) is 4.90 Å². The fourth-order valence-electron chi connectivity index (χ4n) is 2.82. The van der Waals surface area contributed by atoms with Crippen molar-refractivity contribution in [3.63, 3.8) is 0 Å². The highest BCUT2D eigenvalue weighted by Crippen LogP contribution is 2.26. The van der Waals surface area contributed by atoms with E-state index in [1.54, 1.807) is 6.07 Å². The molecule has 1 fully saturated rings. The smallest absolute Gasteiger partial charge is 0.328 e. The van der Waals surface area contributed by atoms with Crippen LogP contribution in [0.15, 0.2) is 24.3 Å². The molecule has 1 aliphatic rings. The zero-order valence-electron chi connectivity index (χ0n) is 12.6. The number of likely N-dealkylation sites (tertiary alicyclic amines) is 1. The van der Waals surface area contributed by atoms with Crippen LogP contribution < -0.4 is 0 Å². The molecule has 114 valence electrons. The minimum atomic E-state index is -1.02. The van der Waals surface area contributed by atoms with Crippen molar-refractivity contribution < 1.29 is 14.3 Å². The number of halogens is 1. The summed E-state index contributed by atoms with van der Waals surface area (Å²) in [6.07, 6.45) is 3.72. The van der Waals surface area contributed by atoms with Crippen molar-refractivity contribution in [2.45, 2.75) is 26.8 Å². The Bertz CT molecular complexity index is 540. The molecule has 2 rings (SSSR count). The van der Waals surface area contributed by atoms with Gasteiger partial charge in [0.1, 0.15) is 5.82 Å². The Hall–Kier alpha value is -1.68. The van der Waals surface area contributed by atoms with Crippen molar-refractivity contribution >= 4 is 12.0 Å². The van der Waals surface area contributed by atoms with E-state index in [-0.39, 0.29) is 5.82 Å². The van der Waals surface area contributed by atoms with Gasteiger partial charge in [-0.05, 0) is 54.1 Å². The van der Waals surface area contributed by atoms with Gasteiger partial charge >= 0.3 is 5.97 Å². The first kappa shape index (κ1) is 15.7. The van der Waals surface area contributed by atoms with E-state index in [1.165, 1.54) is 24.6 Å². The lowest BCUT2D eigenvalue weighted by atomic mass is 9.95. The standard InChI is InChI=1S/C17H22FNO2/c1-12(2)14-7-8-19(10-14)11-15-3-5-16(18)9-13(15)4-6-17(20)21/h3-6,9,12,14H,7-8,10-11H2,1-2H3,(H,20,21)/b6-4+. The van der Waals surface area contributed by atoms with E-state index < -0.39 is 5.97 Å². The predicted molar refractivity (Wildman–Crippen MR) is 81.3 cm³/mol. The van der Waals surface area contributed by atoms with Gasteiger partial charge in [0.25, 0.3) is 0 Å². The zero-order valence-corrected chi connectivity index (χ0v) is 12.6. The maximum Gasteiger partial charge on any atom is 0.328 e. The van der Waals surface area contributed by atoms with Gasteiger partial charge in [-0.2, -0.15) is 0 Å². The molecule has 1 unspecified atom stereocenters. The predicted octanol–water partition coefficient (Wildman–Crippen LogP) is 3.40. The van der Waals surface area contributed by atoms with Gasteiger partial charge in [0, 0.05) is 19.2 Å². The fraction of sp³-hybridized carbons (Fsp3) is 0.471. The van der Waals surface area contributed by atoms with E-state index in [4.69, 9.17) is 5.11 Å². The van der Waals surface area contributed by atoms with Crippen LogP contribution in [-0.2, 0) is 11.3 Å². The quantitative estimate of drug-likeness (QED) is 0.845. The summed E-state index contributed by atoms with van der Waals surface area (Å²) in [7, 11) is 0. The Morgan fingerprint density at radius 3 is 2.90 bits per heavy atom. The molecular formula is C17H22FNO2. The Labute approximate surface area is 125 Å². The highest BCUT2D eigenvalue weighted by Gasteiger charge is 2.25. The van der Waals surface area contributed by atoms with E-state index in [2.05, 4.69) is 18.7 Å². The van der Waals surface area contributed by atoms with E-state index in [0.29, 0.717) is 17.4 Å². The average Bonchev–Trinajstić information content (AvgIpc) is 2.87. The summed E-state index contributed by atoms with van der Waals surface area (Å²) in [4.78, 5) is 13.0. The summed E-state index contributed by atoms with van der Waals surface area (Å²) in [5.74, 6) is 0.0228. The second-order valence-electron chi connectivity index (χ2n) is 6.04. The number of hydrogen-bond acceptors (Lipinski definition) is 2. The minimum absolute atomic E-state index is 0.342. The van der Waals surface area contributed by atoms with E-state index in [0.717, 1.165) is 31.3 Å². The maximum atomic E-state index is 13.4. The summed E-state index contributed by atoms with van der Waals surface area (Å²) in [5, 5.41) is 8.72. The van der Waals surface area contributed by atoms with Crippen LogP contribution in [0.4, 0.5) is 4.39 Å². The number of hydrogen-bond donors (Lipinski definition) is 1. The van der Waals surface area contributed by atoms with Crippen LogP contribution in [-0.4, -0.2) is 29.1 Å². The Morgan fingerprint density at radius 2 is 2.29 bits per heavy atom. The minimum Gasteiger partial charge on any atom is -0.478 e. The summed E-state index contributed by atoms with van der Waals surface area (Å²) in [6, 6.07) is 4.58. The molecule has 1 saturated heterocycles. The highest BCUT2D eigenvalue weighted by atomic mass is 19.1. The topological polar surface area (TPSA) is 40.5 Å². The first-order chi connectivity index (χ1) is 9.95. The molecule has 1 aliphatic heterocycles. The Kier molecular flexibility index (Phi) is 5.12. The lowest BCUT2D eigenvalue weighted by molar-refractivity contribution is -0.131. The van der Waals surface area contributed by atoms with Crippen molar-refractivity contribution in [2.75, 3.05) is 13.1 Å². The third kappa shape index (κ3) is 4.39. The lowest BCUT2D eigenvalue weighted by Crippen LogP contribution is -2.22. The third-order valence-electron chi connectivity index (χ3n) is 4.16. The Balaban J connectivity index is 2.11. The average molecular weight is 291 g/mol. The van der Waals surface area contributed by atoms with Crippen molar-refractivity contribution in [3.8, 4) is 0 Å². The normalized spacial score (nSPS) is 19.7. The number of carbonyl (C=O) groups is 1. The molecule has 0 radical (unpaired) electrons. The summed E-state index contributed by atoms with van der Waals surface area (Å²) in [6.45, 7) is 7.32. The van der Waals surface area contributed by atoms with Gasteiger partial charge in [-0.25, -0.2) is 9.18 Å². The van der Waals surface area contributed by atoms with Crippen LogP contribution in [0.1, 0.15) is 31.4 Å². The summed E-state index contributed by atoms with van der Waals surface area (Å²) in [5.41, 5.74) is 1.61. The van der Waals surface area contributed by atoms with Crippen molar-refractivity contribution in [1.29, 1.82) is 0 Å². The van der Waals surface area contributed by atoms with Gasteiger partial charge in [0.05, 0.1) is 0 Å². The molecule has 0 bridgehead atoms. The zero-order chi connectivity index (χ0) is 15.4. The van der Waals surface area contributed by atoms with Gasteiger partial charge in [0.2, 0.25) is 0 Å². The number of carboxylic acids is 1. The van der Waals surface area contributed by atoms with Crippen LogP contribution in [0, 0.1) is 17.7 Å². The summed E-state index contributed by atoms with van der Waals surface area (Å²) < 4.78 is 13.4. The third-order valence-corrected chi connectivity index (χ3v) is 4.16. The highest BCUT2D eigenvalue weighted by molar-refractivity contribution is 5.85. The molecule has 1 heterocycles. The molecule has 0 aliphatic carbocycles. The molecule has 1 aromatic carbocycles. The van der Waals surface area contributed by atoms with Crippen LogP contribution >= 0.6 is 0 Å². The fourth-order valence-corrected chi connectivity index (χ4v) is 2.82. The number of benzene rings is 1. The second-order valence-corrected chi connectivity index (χ2v) is 6.04. The van der Waals surface area contributed by atoms with Gasteiger partial charge in [-0.1, -0.05) is 19.9 Å². The van der Waals surface area contributed by atoms with Crippen molar-refractivity contribution in [3.05, 3.63) is 41.2 Å². The SMILES string of the molecule is CC(C)C1CCN(Cc2ccc(F)cc2/C=C/C(=O)O)C1. The van der Waals surface area contributed by atoms with Crippen LogP contribution in [0.25, 0.3) is 6.08 Å². The van der Waals surface area contributed by atoms with Crippen LogP contribution in [0.3, 0.4) is 0 Å². The molecule has 0 spiro atoms. The molecule has 3 nitrogen and oxygen atoms in total. The first-order valence-electron chi connectivity index (χ1n) is 7.37.